The van der Waals surface area contributed by atoms with Crippen molar-refractivity contribution in [1.29, 1.82) is 0 Å². The van der Waals surface area contributed by atoms with Crippen LogP contribution in [0.2, 0.25) is 5.02 Å². The Morgan fingerprint density at radius 2 is 2.12 bits per heavy atom. The zero-order chi connectivity index (χ0) is 18.5. The van der Waals surface area contributed by atoms with Gasteiger partial charge in [0.1, 0.15) is 0 Å². The average Bonchev–Trinajstić information content (AvgIpc) is 3.10. The van der Waals surface area contributed by atoms with Crippen molar-refractivity contribution in [3.8, 4) is 11.5 Å². The van der Waals surface area contributed by atoms with E-state index in [0.717, 1.165) is 0 Å². The van der Waals surface area contributed by atoms with Crippen molar-refractivity contribution in [2.24, 2.45) is 0 Å². The lowest BCUT2D eigenvalue weighted by atomic mass is 10.2. The topological polar surface area (TPSA) is 73.9 Å². The third-order valence-electron chi connectivity index (χ3n) is 3.52. The second-order valence-corrected chi connectivity index (χ2v) is 5.77. The van der Waals surface area contributed by atoms with Crippen LogP contribution in [-0.4, -0.2) is 25.3 Å². The minimum atomic E-state index is -0.436. The van der Waals surface area contributed by atoms with E-state index in [4.69, 9.17) is 25.8 Å². The molecule has 0 saturated carbocycles. The predicted octanol–water partition coefficient (Wildman–Crippen LogP) is 3.90. The number of carbonyl (C=O) groups is 2. The Labute approximate surface area is 155 Å². The van der Waals surface area contributed by atoms with Crippen molar-refractivity contribution in [1.82, 2.24) is 0 Å². The van der Waals surface area contributed by atoms with Gasteiger partial charge in [0.15, 0.2) is 11.5 Å². The third-order valence-corrected chi connectivity index (χ3v) is 3.80. The number of hydrogen-bond acceptors (Lipinski definition) is 5. The van der Waals surface area contributed by atoms with Gasteiger partial charge in [0.05, 0.1) is 17.2 Å². The normalized spacial score (nSPS) is 12.2. The van der Waals surface area contributed by atoms with Crippen LogP contribution in [-0.2, 0) is 9.53 Å². The summed E-state index contributed by atoms with van der Waals surface area (Å²) in [5.74, 6) is 0.262. The molecule has 1 N–H and O–H groups in total. The second-order valence-electron chi connectivity index (χ2n) is 5.36. The summed E-state index contributed by atoms with van der Waals surface area (Å²) in [6.45, 7) is 2.15. The maximum atomic E-state index is 12.1. The van der Waals surface area contributed by atoms with E-state index in [1.807, 2.05) is 0 Å². The molecule has 0 saturated heterocycles. The summed E-state index contributed by atoms with van der Waals surface area (Å²) in [6, 6.07) is 9.95. The first kappa shape index (κ1) is 17.8. The number of ether oxygens (including phenoxy) is 3. The van der Waals surface area contributed by atoms with Gasteiger partial charge in [-0.15, -0.1) is 0 Å². The summed E-state index contributed by atoms with van der Waals surface area (Å²) >= 11 is 6.11. The van der Waals surface area contributed by atoms with E-state index in [9.17, 15) is 9.59 Å². The molecule has 0 atom stereocenters. The largest absolute Gasteiger partial charge is 0.462 e. The van der Waals surface area contributed by atoms with Gasteiger partial charge < -0.3 is 19.5 Å². The van der Waals surface area contributed by atoms with Crippen molar-refractivity contribution in [3.63, 3.8) is 0 Å². The highest BCUT2D eigenvalue weighted by atomic mass is 35.5. The van der Waals surface area contributed by atoms with E-state index in [0.29, 0.717) is 33.3 Å². The van der Waals surface area contributed by atoms with Crippen molar-refractivity contribution in [2.45, 2.75) is 6.92 Å². The quantitative estimate of drug-likeness (QED) is 0.635. The molecule has 0 aliphatic carbocycles. The molecule has 0 fully saturated rings. The highest BCUT2D eigenvalue weighted by molar-refractivity contribution is 6.32. The van der Waals surface area contributed by atoms with Crippen LogP contribution in [0.15, 0.2) is 42.5 Å². The minimum absolute atomic E-state index is 0.125. The Morgan fingerprint density at radius 3 is 2.92 bits per heavy atom. The molecule has 134 valence electrons. The molecule has 26 heavy (non-hydrogen) atoms. The molecule has 7 heteroatoms. The lowest BCUT2D eigenvalue weighted by Crippen LogP contribution is -2.09. The Morgan fingerprint density at radius 1 is 1.27 bits per heavy atom. The highest BCUT2D eigenvalue weighted by Gasteiger charge is 2.17. The van der Waals surface area contributed by atoms with Crippen molar-refractivity contribution in [3.05, 3.63) is 58.6 Å². The summed E-state index contributed by atoms with van der Waals surface area (Å²) in [4.78, 5) is 23.8. The standard InChI is InChI=1S/C19H16ClNO5/c1-2-24-19(23)13-4-3-5-14(10-13)21-17(22)7-6-12-8-15(20)18-16(9-12)25-11-26-18/h3-10H,2,11H2,1H3,(H,21,22)/b7-6+. The maximum Gasteiger partial charge on any atom is 0.338 e. The summed E-state index contributed by atoms with van der Waals surface area (Å²) in [7, 11) is 0. The number of esters is 1. The van der Waals surface area contributed by atoms with E-state index in [1.165, 1.54) is 6.08 Å². The first-order valence-corrected chi connectivity index (χ1v) is 8.30. The fraction of sp³-hybridized carbons (Fsp3) is 0.158. The van der Waals surface area contributed by atoms with Crippen molar-refractivity contribution >= 4 is 35.2 Å². The Kier molecular flexibility index (Phi) is 5.43. The zero-order valence-corrected chi connectivity index (χ0v) is 14.7. The molecule has 2 aromatic rings. The first-order chi connectivity index (χ1) is 12.6. The lowest BCUT2D eigenvalue weighted by Gasteiger charge is -2.05. The summed E-state index contributed by atoms with van der Waals surface area (Å²) in [6.07, 6.45) is 2.98. The number of anilines is 1. The van der Waals surface area contributed by atoms with Gasteiger partial charge >= 0.3 is 5.97 Å². The molecule has 1 aliphatic rings. The van der Waals surface area contributed by atoms with Crippen LogP contribution >= 0.6 is 11.6 Å². The monoisotopic (exact) mass is 373 g/mol. The SMILES string of the molecule is CCOC(=O)c1cccc(NC(=O)/C=C/c2cc(Cl)c3c(c2)OCO3)c1. The Bertz CT molecular complexity index is 878. The first-order valence-electron chi connectivity index (χ1n) is 7.92. The summed E-state index contributed by atoms with van der Waals surface area (Å²) in [5.41, 5.74) is 1.57. The van der Waals surface area contributed by atoms with Crippen LogP contribution in [0.3, 0.4) is 0 Å². The molecule has 0 aromatic heterocycles. The van der Waals surface area contributed by atoms with Gasteiger partial charge in [-0.2, -0.15) is 0 Å². The number of rotatable bonds is 5. The van der Waals surface area contributed by atoms with Crippen molar-refractivity contribution < 1.29 is 23.8 Å². The predicted molar refractivity (Wildman–Crippen MR) is 97.6 cm³/mol. The van der Waals surface area contributed by atoms with E-state index in [1.54, 1.807) is 49.4 Å². The fourth-order valence-corrected chi connectivity index (χ4v) is 2.65. The number of halogens is 1. The number of carbonyl (C=O) groups excluding carboxylic acids is 2. The summed E-state index contributed by atoms with van der Waals surface area (Å²) in [5, 5.41) is 3.11. The Hall–Kier alpha value is -2.99. The number of fused-ring (bicyclic) bond motifs is 1. The lowest BCUT2D eigenvalue weighted by molar-refractivity contribution is -0.111. The van der Waals surface area contributed by atoms with E-state index < -0.39 is 5.97 Å². The molecule has 0 bridgehead atoms. The minimum Gasteiger partial charge on any atom is -0.462 e. The molecule has 1 aliphatic heterocycles. The van der Waals surface area contributed by atoms with Gasteiger partial charge in [0.2, 0.25) is 12.7 Å². The van der Waals surface area contributed by atoms with E-state index in [2.05, 4.69) is 5.32 Å². The van der Waals surface area contributed by atoms with Gasteiger partial charge in [0, 0.05) is 11.8 Å². The van der Waals surface area contributed by atoms with Crippen LogP contribution in [0.5, 0.6) is 11.5 Å². The average molecular weight is 374 g/mol. The highest BCUT2D eigenvalue weighted by Crippen LogP contribution is 2.40. The molecule has 2 aromatic carbocycles. The van der Waals surface area contributed by atoms with Gasteiger partial charge in [0.25, 0.3) is 0 Å². The molecule has 1 amide bonds. The molecule has 0 radical (unpaired) electrons. The summed E-state index contributed by atoms with van der Waals surface area (Å²) < 4.78 is 15.5. The van der Waals surface area contributed by atoms with Crippen LogP contribution in [0, 0.1) is 0 Å². The third kappa shape index (κ3) is 4.15. The fourth-order valence-electron chi connectivity index (χ4n) is 2.38. The second kappa shape index (κ2) is 7.93. The molecule has 0 spiro atoms. The smallest absolute Gasteiger partial charge is 0.338 e. The molecule has 6 nitrogen and oxygen atoms in total. The van der Waals surface area contributed by atoms with E-state index >= 15 is 0 Å². The molecular formula is C19H16ClNO5. The van der Waals surface area contributed by atoms with Crippen molar-refractivity contribution in [2.75, 3.05) is 18.7 Å². The van der Waals surface area contributed by atoms with Crippen LogP contribution < -0.4 is 14.8 Å². The van der Waals surface area contributed by atoms with Gasteiger partial charge in [-0.25, -0.2) is 4.79 Å². The van der Waals surface area contributed by atoms with Crippen LogP contribution in [0.1, 0.15) is 22.8 Å². The molecule has 3 rings (SSSR count). The van der Waals surface area contributed by atoms with Gasteiger partial charge in [-0.05, 0) is 48.9 Å². The van der Waals surface area contributed by atoms with Gasteiger partial charge in [-0.1, -0.05) is 17.7 Å². The van der Waals surface area contributed by atoms with Crippen LogP contribution in [0.25, 0.3) is 6.08 Å². The number of hydrogen-bond donors (Lipinski definition) is 1. The number of nitrogens with one attached hydrogen (secondary N) is 1. The molecular weight excluding hydrogens is 358 g/mol. The number of amides is 1. The van der Waals surface area contributed by atoms with E-state index in [-0.39, 0.29) is 19.3 Å². The molecule has 1 heterocycles. The van der Waals surface area contributed by atoms with Gasteiger partial charge in [-0.3, -0.25) is 4.79 Å². The zero-order valence-electron chi connectivity index (χ0n) is 14.0. The Balaban J connectivity index is 1.68. The number of benzene rings is 2. The van der Waals surface area contributed by atoms with Crippen LogP contribution in [0.4, 0.5) is 5.69 Å². The maximum absolute atomic E-state index is 12.1. The molecule has 0 unspecified atom stereocenters.